The normalized spacial score (nSPS) is 18.4. The van der Waals surface area contributed by atoms with Gasteiger partial charge in [-0.15, -0.1) is 11.6 Å². The molecule has 2 nitrogen and oxygen atoms in total. The molecule has 0 aliphatic carbocycles. The van der Waals surface area contributed by atoms with Crippen molar-refractivity contribution >= 4 is 22.4 Å². The second kappa shape index (κ2) is 4.74. The minimum absolute atomic E-state index is 0.522. The lowest BCUT2D eigenvalue weighted by Crippen LogP contribution is -2.27. The van der Waals surface area contributed by atoms with E-state index >= 15 is 0 Å². The quantitative estimate of drug-likeness (QED) is 0.638. The lowest BCUT2D eigenvalue weighted by Gasteiger charge is -2.16. The number of halogens is 1. The first-order chi connectivity index (χ1) is 5.06. The molecule has 0 spiro atoms. The summed E-state index contributed by atoms with van der Waals surface area (Å²) in [5.41, 5.74) is 0. The van der Waals surface area contributed by atoms with E-state index in [4.69, 9.17) is 16.9 Å². The van der Waals surface area contributed by atoms with E-state index in [1.807, 2.05) is 0 Å². The highest BCUT2D eigenvalue weighted by atomic mass is 35.5. The van der Waals surface area contributed by atoms with Crippen LogP contribution in [-0.2, 0) is 10.8 Å². The average Bonchev–Trinajstić information content (AvgIpc) is 2.00. The molecule has 0 aromatic rings. The molecule has 0 aliphatic rings. The summed E-state index contributed by atoms with van der Waals surface area (Å²) in [6, 6.07) is 2.05. The summed E-state index contributed by atoms with van der Waals surface area (Å²) >= 11 is 5.46. The Balaban J connectivity index is 4.14. The third-order valence-electron chi connectivity index (χ3n) is 1.66. The van der Waals surface area contributed by atoms with Gasteiger partial charge >= 0.3 is 0 Å². The van der Waals surface area contributed by atoms with E-state index in [0.29, 0.717) is 12.3 Å². The van der Waals surface area contributed by atoms with Gasteiger partial charge in [-0.3, -0.25) is 4.21 Å². The molecule has 0 saturated carbocycles. The van der Waals surface area contributed by atoms with Crippen LogP contribution in [0.2, 0.25) is 0 Å². The zero-order valence-corrected chi connectivity index (χ0v) is 8.34. The van der Waals surface area contributed by atoms with Crippen molar-refractivity contribution in [2.75, 3.05) is 12.1 Å². The molecule has 4 heteroatoms. The van der Waals surface area contributed by atoms with Crippen molar-refractivity contribution in [3.05, 3.63) is 0 Å². The smallest absolute Gasteiger partial charge is 0.129 e. The molecule has 0 rings (SSSR count). The van der Waals surface area contributed by atoms with Crippen LogP contribution < -0.4 is 0 Å². The molecule has 0 unspecified atom stereocenters. The predicted molar refractivity (Wildman–Crippen MR) is 48.0 cm³/mol. The first-order valence-corrected chi connectivity index (χ1v) is 5.47. The molecule has 0 aliphatic heterocycles. The molecule has 0 bridgehead atoms. The Kier molecular flexibility index (Phi) is 4.71. The topological polar surface area (TPSA) is 40.9 Å². The van der Waals surface area contributed by atoms with Crippen LogP contribution >= 0.6 is 11.6 Å². The Morgan fingerprint density at radius 1 is 1.73 bits per heavy atom. The van der Waals surface area contributed by atoms with Gasteiger partial charge in [-0.2, -0.15) is 5.26 Å². The van der Waals surface area contributed by atoms with Gasteiger partial charge in [0.15, 0.2) is 0 Å². The highest BCUT2D eigenvalue weighted by Crippen LogP contribution is 2.18. The van der Waals surface area contributed by atoms with E-state index in [9.17, 15) is 4.21 Å². The molecular weight excluding hydrogens is 182 g/mol. The minimum Gasteiger partial charge on any atom is -0.258 e. The van der Waals surface area contributed by atoms with Crippen LogP contribution in [0, 0.1) is 11.3 Å². The van der Waals surface area contributed by atoms with Crippen LogP contribution in [0.5, 0.6) is 0 Å². The molecule has 0 saturated heterocycles. The molecule has 2 atom stereocenters. The largest absolute Gasteiger partial charge is 0.258 e. The second-order valence-corrected chi connectivity index (χ2v) is 4.78. The maximum atomic E-state index is 11.0. The highest BCUT2D eigenvalue weighted by molar-refractivity contribution is 7.86. The summed E-state index contributed by atoms with van der Waals surface area (Å²) in [5.74, 6) is 0.522. The third kappa shape index (κ3) is 3.22. The lowest BCUT2D eigenvalue weighted by atomic mass is 10.1. The van der Waals surface area contributed by atoms with Gasteiger partial charge in [0.05, 0.1) is 6.07 Å². The maximum absolute atomic E-state index is 11.0. The number of nitrogens with zero attached hydrogens (tertiary/aromatic N) is 1. The minimum atomic E-state index is -1.09. The van der Waals surface area contributed by atoms with Gasteiger partial charge in [0, 0.05) is 22.9 Å². The average molecular weight is 194 g/mol. The Morgan fingerprint density at radius 2 is 2.27 bits per heavy atom. The van der Waals surface area contributed by atoms with Gasteiger partial charge < -0.3 is 0 Å². The van der Waals surface area contributed by atoms with Crippen molar-refractivity contribution < 1.29 is 4.21 Å². The van der Waals surface area contributed by atoms with E-state index in [1.54, 1.807) is 13.2 Å². The Labute approximate surface area is 75.0 Å². The summed E-state index contributed by atoms with van der Waals surface area (Å²) in [6.45, 7) is 1.70. The number of nitriles is 1. The summed E-state index contributed by atoms with van der Waals surface area (Å²) in [7, 11) is -1.09. The fourth-order valence-corrected chi connectivity index (χ4v) is 1.36. The molecule has 0 amide bonds. The van der Waals surface area contributed by atoms with E-state index in [1.165, 1.54) is 0 Å². The van der Waals surface area contributed by atoms with Crippen molar-refractivity contribution in [3.63, 3.8) is 0 Å². The lowest BCUT2D eigenvalue weighted by molar-refractivity contribution is 0.630. The Bertz CT molecular complexity index is 189. The van der Waals surface area contributed by atoms with Crippen LogP contribution in [0.4, 0.5) is 0 Å². The van der Waals surface area contributed by atoms with Crippen LogP contribution in [0.1, 0.15) is 19.8 Å². The predicted octanol–water partition coefficient (Wildman–Crippen LogP) is 1.67. The summed E-state index contributed by atoms with van der Waals surface area (Å²) in [5, 5.41) is 8.70. The number of hydrogen-bond acceptors (Lipinski definition) is 2. The van der Waals surface area contributed by atoms with Gasteiger partial charge in [-0.05, 0) is 19.8 Å². The highest BCUT2D eigenvalue weighted by Gasteiger charge is 2.27. The summed E-state index contributed by atoms with van der Waals surface area (Å²) in [6.07, 6.45) is 2.90. The molecule has 64 valence electrons. The van der Waals surface area contributed by atoms with Crippen LogP contribution in [-0.4, -0.2) is 21.1 Å². The van der Waals surface area contributed by atoms with E-state index in [-0.39, 0.29) is 0 Å². The van der Waals surface area contributed by atoms with Gasteiger partial charge in [0.2, 0.25) is 0 Å². The molecule has 0 radical (unpaired) electrons. The Hall–Kier alpha value is -0.0700. The monoisotopic (exact) mass is 193 g/mol. The first kappa shape index (κ1) is 10.9. The van der Waals surface area contributed by atoms with E-state index < -0.39 is 15.5 Å². The molecule has 0 heterocycles. The van der Waals surface area contributed by atoms with Crippen LogP contribution in [0.25, 0.3) is 0 Å². The molecule has 0 aromatic carbocycles. The summed E-state index contributed by atoms with van der Waals surface area (Å²) in [4.78, 5) is 0. The molecule has 11 heavy (non-hydrogen) atoms. The van der Waals surface area contributed by atoms with Gasteiger partial charge in [0.25, 0.3) is 0 Å². The van der Waals surface area contributed by atoms with Crippen molar-refractivity contribution in [1.29, 1.82) is 5.26 Å². The zero-order valence-electron chi connectivity index (χ0n) is 6.76. The second-order valence-electron chi connectivity index (χ2n) is 2.59. The van der Waals surface area contributed by atoms with Crippen molar-refractivity contribution in [3.8, 4) is 6.07 Å². The Morgan fingerprint density at radius 3 is 2.55 bits per heavy atom. The van der Waals surface area contributed by atoms with Crippen LogP contribution in [0.3, 0.4) is 0 Å². The molecular formula is C7H12ClNOS. The van der Waals surface area contributed by atoms with Gasteiger partial charge in [-0.1, -0.05) is 0 Å². The van der Waals surface area contributed by atoms with Crippen molar-refractivity contribution in [1.82, 2.24) is 0 Å². The maximum Gasteiger partial charge on any atom is 0.129 e. The van der Waals surface area contributed by atoms with Gasteiger partial charge in [0.1, 0.15) is 4.75 Å². The zero-order chi connectivity index (χ0) is 8.91. The molecule has 0 fully saturated rings. The number of hydrogen-bond donors (Lipinski definition) is 0. The number of rotatable bonds is 4. The first-order valence-electron chi connectivity index (χ1n) is 3.37. The third-order valence-corrected chi connectivity index (χ3v) is 3.49. The molecule has 0 N–H and O–H groups in total. The SMILES string of the molecule is C[S@](=O)[C@@](C)(C#N)CCCCl. The van der Waals surface area contributed by atoms with Crippen molar-refractivity contribution in [2.45, 2.75) is 24.5 Å². The molecule has 0 aromatic heterocycles. The van der Waals surface area contributed by atoms with Gasteiger partial charge in [-0.25, -0.2) is 0 Å². The van der Waals surface area contributed by atoms with Crippen molar-refractivity contribution in [2.24, 2.45) is 0 Å². The van der Waals surface area contributed by atoms with E-state index in [2.05, 4.69) is 6.07 Å². The standard InChI is InChI=1S/C7H12ClNOS/c1-7(6-9,11(2)10)4-3-5-8/h3-5H2,1-2H3/t7-,11+/m1/s1. The fourth-order valence-electron chi connectivity index (χ4n) is 0.668. The van der Waals surface area contributed by atoms with E-state index in [0.717, 1.165) is 6.42 Å². The summed E-state index contributed by atoms with van der Waals surface area (Å²) < 4.78 is 10.3. The van der Waals surface area contributed by atoms with Crippen LogP contribution in [0.15, 0.2) is 0 Å². The number of alkyl halides is 1. The fraction of sp³-hybridized carbons (Fsp3) is 0.857.